The van der Waals surface area contributed by atoms with Gasteiger partial charge in [0.2, 0.25) is 17.8 Å². The molecule has 13 nitrogen and oxygen atoms in total. The minimum absolute atomic E-state index is 0.134. The van der Waals surface area contributed by atoms with Gasteiger partial charge in [0.15, 0.2) is 0 Å². The van der Waals surface area contributed by atoms with Gasteiger partial charge in [-0.3, -0.25) is 4.79 Å². The third-order valence-electron chi connectivity index (χ3n) is 5.28. The van der Waals surface area contributed by atoms with Crippen LogP contribution in [-0.2, 0) is 14.3 Å². The van der Waals surface area contributed by atoms with E-state index in [1.165, 1.54) is 0 Å². The maximum atomic E-state index is 12.1. The van der Waals surface area contributed by atoms with Crippen molar-refractivity contribution in [2.24, 2.45) is 0 Å². The monoisotopic (exact) mass is 553 g/mol. The number of aromatic hydroxyl groups is 1. The number of carbonyl (C=O) groups excluding carboxylic acids is 2. The Morgan fingerprint density at radius 2 is 1.35 bits per heavy atom. The number of aliphatic hydroxyl groups excluding tert-OH is 1. The second-order valence-corrected chi connectivity index (χ2v) is 8.62. The Morgan fingerprint density at radius 3 is 1.95 bits per heavy atom. The summed E-state index contributed by atoms with van der Waals surface area (Å²) in [6.45, 7) is 3.83. The van der Waals surface area contributed by atoms with E-state index >= 15 is 0 Å². The number of amides is 1. The van der Waals surface area contributed by atoms with E-state index in [9.17, 15) is 14.7 Å². The molecule has 6 N–H and O–H groups in total. The molecule has 0 aliphatic rings. The first-order valence-electron chi connectivity index (χ1n) is 12.9. The molecule has 3 rings (SSSR count). The van der Waals surface area contributed by atoms with E-state index < -0.39 is 0 Å². The predicted molar refractivity (Wildman–Crippen MR) is 150 cm³/mol. The maximum absolute atomic E-state index is 12.1. The van der Waals surface area contributed by atoms with Crippen LogP contribution in [0, 0.1) is 0 Å². The number of ether oxygens (including phenoxy) is 2. The zero-order valence-corrected chi connectivity index (χ0v) is 22.4. The number of hydrogen-bond acceptors (Lipinski definition) is 12. The van der Waals surface area contributed by atoms with Gasteiger partial charge in [-0.1, -0.05) is 0 Å². The van der Waals surface area contributed by atoms with Crippen LogP contribution >= 0.6 is 0 Å². The minimum atomic E-state index is -0.283. The van der Waals surface area contributed by atoms with E-state index in [4.69, 9.17) is 14.6 Å². The van der Waals surface area contributed by atoms with Crippen LogP contribution in [-0.4, -0.2) is 83.0 Å². The Morgan fingerprint density at radius 1 is 0.775 bits per heavy atom. The van der Waals surface area contributed by atoms with Gasteiger partial charge in [-0.25, -0.2) is 0 Å². The third-order valence-corrected chi connectivity index (χ3v) is 5.28. The van der Waals surface area contributed by atoms with Crippen molar-refractivity contribution in [3.8, 4) is 5.75 Å². The van der Waals surface area contributed by atoms with Gasteiger partial charge in [0, 0.05) is 43.1 Å². The number of benzene rings is 2. The van der Waals surface area contributed by atoms with Gasteiger partial charge in [-0.05, 0) is 61.9 Å². The van der Waals surface area contributed by atoms with Crippen molar-refractivity contribution in [1.82, 2.24) is 20.3 Å². The van der Waals surface area contributed by atoms with E-state index in [1.54, 1.807) is 55.5 Å². The van der Waals surface area contributed by atoms with Gasteiger partial charge in [-0.15, -0.1) is 0 Å². The van der Waals surface area contributed by atoms with Crippen LogP contribution < -0.4 is 21.3 Å². The molecule has 0 atom stereocenters. The summed E-state index contributed by atoms with van der Waals surface area (Å²) in [5, 5.41) is 30.3. The van der Waals surface area contributed by atoms with E-state index in [0.29, 0.717) is 68.7 Å². The number of carbonyl (C=O) groups is 2. The van der Waals surface area contributed by atoms with Gasteiger partial charge in [0.05, 0.1) is 26.4 Å². The fraction of sp³-hybridized carbons (Fsp3) is 0.370. The molecule has 0 aliphatic heterocycles. The summed E-state index contributed by atoms with van der Waals surface area (Å²) in [4.78, 5) is 36.3. The normalized spacial score (nSPS) is 10.7. The lowest BCUT2D eigenvalue weighted by Crippen LogP contribution is -2.26. The second-order valence-electron chi connectivity index (χ2n) is 8.62. The third kappa shape index (κ3) is 11.2. The zero-order valence-electron chi connectivity index (χ0n) is 22.4. The van der Waals surface area contributed by atoms with E-state index in [-0.39, 0.29) is 42.5 Å². The summed E-state index contributed by atoms with van der Waals surface area (Å²) in [5.41, 5.74) is 1.78. The Labute approximate surface area is 232 Å². The van der Waals surface area contributed by atoms with Crippen molar-refractivity contribution in [2.75, 3.05) is 62.1 Å². The molecule has 214 valence electrons. The number of aliphatic hydroxyl groups is 1. The van der Waals surface area contributed by atoms with Crippen molar-refractivity contribution in [1.29, 1.82) is 0 Å². The molecule has 1 heterocycles. The highest BCUT2D eigenvalue weighted by molar-refractivity contribution is 5.94. The van der Waals surface area contributed by atoms with Crippen LogP contribution in [0.25, 0.3) is 0 Å². The van der Waals surface area contributed by atoms with Gasteiger partial charge >= 0.3 is 0 Å². The van der Waals surface area contributed by atoms with E-state index in [1.807, 2.05) is 0 Å². The van der Waals surface area contributed by atoms with Gasteiger partial charge in [0.1, 0.15) is 11.5 Å². The van der Waals surface area contributed by atoms with Crippen LogP contribution in [0.15, 0.2) is 48.5 Å². The molecule has 0 radical (unpaired) electrons. The molecule has 1 aromatic heterocycles. The number of phenols is 1. The number of nitrogens with one attached hydrogen (secondary N) is 4. The lowest BCUT2D eigenvalue weighted by molar-refractivity contribution is -0.117. The average molecular weight is 554 g/mol. The summed E-state index contributed by atoms with van der Waals surface area (Å²) in [7, 11) is 0. The number of phenolic OH excluding ortho intramolecular Hbond substituents is 1. The first-order valence-corrected chi connectivity index (χ1v) is 12.9. The first-order chi connectivity index (χ1) is 19.4. The fourth-order valence-electron chi connectivity index (χ4n) is 3.33. The van der Waals surface area contributed by atoms with Crippen molar-refractivity contribution in [2.45, 2.75) is 19.8 Å². The highest BCUT2D eigenvalue weighted by Gasteiger charge is 2.09. The van der Waals surface area contributed by atoms with Crippen LogP contribution in [0.1, 0.15) is 30.1 Å². The molecule has 0 bridgehead atoms. The molecule has 40 heavy (non-hydrogen) atoms. The molecule has 0 saturated heterocycles. The van der Waals surface area contributed by atoms with Crippen LogP contribution in [0.2, 0.25) is 0 Å². The molecule has 0 unspecified atom stereocenters. The summed E-state index contributed by atoms with van der Waals surface area (Å²) >= 11 is 0. The Balaban J connectivity index is 1.58. The number of hydrogen-bond donors (Lipinski definition) is 6. The molecule has 1 amide bonds. The minimum Gasteiger partial charge on any atom is -0.508 e. The average Bonchev–Trinajstić information content (AvgIpc) is 2.94. The molecular formula is C27H35N7O6. The standard InChI is InChI=1S/C27H35N7O6/c1-19(36)3-2-15-39-17-18-40-16-13-29-25-32-26(34-27(33-25)31-22-8-10-23(37)11-9-22)30-21-6-4-20(5-7-21)24(38)28-12-14-35/h4-11,35,37H,2-3,12-18H2,1H3,(H,28,38)(H3,29,30,31,32,33,34). The Kier molecular flexibility index (Phi) is 12.5. The smallest absolute Gasteiger partial charge is 0.251 e. The Bertz CT molecular complexity index is 1210. The van der Waals surface area contributed by atoms with Crippen molar-refractivity contribution in [3.63, 3.8) is 0 Å². The number of Topliss-reactive ketones (excluding diaryl/α,β-unsaturated/α-hetero) is 1. The zero-order chi connectivity index (χ0) is 28.6. The van der Waals surface area contributed by atoms with Gasteiger partial charge in [-0.2, -0.15) is 15.0 Å². The maximum Gasteiger partial charge on any atom is 0.251 e. The van der Waals surface area contributed by atoms with E-state index in [0.717, 1.165) is 0 Å². The summed E-state index contributed by atoms with van der Waals surface area (Å²) in [5.74, 6) is 0.848. The van der Waals surface area contributed by atoms with Crippen molar-refractivity contribution in [3.05, 3.63) is 54.1 Å². The van der Waals surface area contributed by atoms with E-state index in [2.05, 4.69) is 36.2 Å². The lowest BCUT2D eigenvalue weighted by atomic mass is 10.2. The molecule has 2 aromatic carbocycles. The topological polar surface area (TPSA) is 180 Å². The quantitative estimate of drug-likeness (QED) is 0.100. The first kappa shape index (κ1) is 30.2. The largest absolute Gasteiger partial charge is 0.508 e. The highest BCUT2D eigenvalue weighted by atomic mass is 16.5. The van der Waals surface area contributed by atoms with Crippen LogP contribution in [0.5, 0.6) is 5.75 Å². The molecule has 3 aromatic rings. The molecular weight excluding hydrogens is 518 g/mol. The Hall–Kier alpha value is -4.33. The molecule has 0 saturated carbocycles. The van der Waals surface area contributed by atoms with Crippen LogP contribution in [0.3, 0.4) is 0 Å². The molecule has 0 fully saturated rings. The van der Waals surface area contributed by atoms with Gasteiger partial charge in [0.25, 0.3) is 5.91 Å². The number of ketones is 1. The fourth-order valence-corrected chi connectivity index (χ4v) is 3.33. The summed E-state index contributed by atoms with van der Waals surface area (Å²) < 4.78 is 11.0. The SMILES string of the molecule is CC(=O)CCCOCCOCCNc1nc(Nc2ccc(O)cc2)nc(Nc2ccc(C(=O)NCCO)cc2)n1. The lowest BCUT2D eigenvalue weighted by Gasteiger charge is -2.12. The second kappa shape index (κ2) is 16.6. The van der Waals surface area contributed by atoms with Gasteiger partial charge < -0.3 is 45.7 Å². The molecule has 13 heteroatoms. The number of nitrogens with zero attached hydrogens (tertiary/aromatic N) is 3. The predicted octanol–water partition coefficient (Wildman–Crippen LogP) is 2.60. The number of anilines is 5. The highest BCUT2D eigenvalue weighted by Crippen LogP contribution is 2.20. The molecule has 0 spiro atoms. The number of rotatable bonds is 18. The summed E-state index contributed by atoms with van der Waals surface area (Å²) in [6.07, 6.45) is 1.22. The molecule has 0 aliphatic carbocycles. The summed E-state index contributed by atoms with van der Waals surface area (Å²) in [6, 6.07) is 13.2. The van der Waals surface area contributed by atoms with Crippen molar-refractivity contribution < 1.29 is 29.3 Å². The number of aromatic nitrogens is 3. The van der Waals surface area contributed by atoms with Crippen molar-refractivity contribution >= 4 is 40.9 Å². The van der Waals surface area contributed by atoms with Crippen LogP contribution in [0.4, 0.5) is 29.2 Å².